The largest absolute Gasteiger partial charge is 0.323 e. The summed E-state index contributed by atoms with van der Waals surface area (Å²) in [5.41, 5.74) is 3.01. The van der Waals surface area contributed by atoms with Gasteiger partial charge in [0.2, 0.25) is 0 Å². The fourth-order valence-corrected chi connectivity index (χ4v) is 1.67. The van der Waals surface area contributed by atoms with Crippen LogP contribution in [0.4, 0.5) is 15.8 Å². The highest BCUT2D eigenvalue weighted by Gasteiger charge is 2.13. The summed E-state index contributed by atoms with van der Waals surface area (Å²) in [6.45, 7) is 0. The Morgan fingerprint density at radius 3 is 2.79 bits per heavy atom. The highest BCUT2D eigenvalue weighted by molar-refractivity contribution is 6.31. The molecule has 5 nitrogen and oxygen atoms in total. The van der Waals surface area contributed by atoms with Crippen LogP contribution in [0, 0.1) is 5.82 Å². The lowest BCUT2D eigenvalue weighted by Gasteiger charge is -2.10. The van der Waals surface area contributed by atoms with E-state index in [0.29, 0.717) is 10.7 Å². The highest BCUT2D eigenvalue weighted by atomic mass is 35.5. The normalized spacial score (nSPS) is 10.1. The minimum absolute atomic E-state index is 0.0305. The molecule has 0 aliphatic heterocycles. The molecule has 0 saturated heterocycles. The third kappa shape index (κ3) is 2.98. The highest BCUT2D eigenvalue weighted by Crippen LogP contribution is 2.21. The number of halogens is 2. The maximum atomic E-state index is 13.4. The topological polar surface area (TPSA) is 80.0 Å². The number of carbonyl (C=O) groups is 1. The van der Waals surface area contributed by atoms with Crippen LogP contribution in [0.25, 0.3) is 0 Å². The van der Waals surface area contributed by atoms with Crippen molar-refractivity contribution in [3.8, 4) is 0 Å². The number of rotatable bonds is 3. The summed E-state index contributed by atoms with van der Waals surface area (Å²) in [7, 11) is 0. The average Bonchev–Trinajstić information content (AvgIpc) is 2.41. The Hall–Kier alpha value is -2.18. The summed E-state index contributed by atoms with van der Waals surface area (Å²) in [5.74, 6) is 4.15. The maximum Gasteiger partial charge on any atom is 0.257 e. The molecule has 0 fully saturated rings. The van der Waals surface area contributed by atoms with Gasteiger partial charge in [0.1, 0.15) is 0 Å². The van der Waals surface area contributed by atoms with Crippen molar-refractivity contribution in [1.82, 2.24) is 4.98 Å². The summed E-state index contributed by atoms with van der Waals surface area (Å²) in [4.78, 5) is 15.6. The predicted molar refractivity (Wildman–Crippen MR) is 71.4 cm³/mol. The van der Waals surface area contributed by atoms with Crippen LogP contribution in [0.15, 0.2) is 36.7 Å². The van der Waals surface area contributed by atoms with Crippen molar-refractivity contribution in [3.63, 3.8) is 0 Å². The zero-order chi connectivity index (χ0) is 13.8. The fourth-order valence-electron chi connectivity index (χ4n) is 1.50. The van der Waals surface area contributed by atoms with E-state index in [-0.39, 0.29) is 11.3 Å². The van der Waals surface area contributed by atoms with Gasteiger partial charge in [0, 0.05) is 11.2 Å². The number of carbonyl (C=O) groups excluding carboxylic acids is 1. The van der Waals surface area contributed by atoms with Crippen molar-refractivity contribution in [1.29, 1.82) is 0 Å². The lowest BCUT2D eigenvalue weighted by molar-refractivity contribution is 0.102. The van der Waals surface area contributed by atoms with Crippen molar-refractivity contribution >= 4 is 28.9 Å². The Morgan fingerprint density at radius 2 is 2.11 bits per heavy atom. The lowest BCUT2D eigenvalue weighted by atomic mass is 10.1. The van der Waals surface area contributed by atoms with E-state index in [0.717, 1.165) is 6.20 Å². The van der Waals surface area contributed by atoms with Crippen molar-refractivity contribution in [3.05, 3.63) is 53.1 Å². The molecule has 1 heterocycles. The van der Waals surface area contributed by atoms with E-state index in [2.05, 4.69) is 15.7 Å². The standard InChI is InChI=1S/C12H10ClFN4O/c13-7-1-2-10(18-15)8(5-7)12(19)17-11-3-4-16-6-9(11)14/h1-6,18H,15H2,(H,16,17,19). The lowest BCUT2D eigenvalue weighted by Crippen LogP contribution is -2.17. The average molecular weight is 281 g/mol. The van der Waals surface area contributed by atoms with E-state index < -0.39 is 11.7 Å². The Kier molecular flexibility index (Phi) is 3.94. The van der Waals surface area contributed by atoms with Crippen molar-refractivity contribution in [2.45, 2.75) is 0 Å². The maximum absolute atomic E-state index is 13.4. The zero-order valence-corrected chi connectivity index (χ0v) is 10.4. The van der Waals surface area contributed by atoms with Crippen LogP contribution < -0.4 is 16.6 Å². The molecule has 7 heteroatoms. The van der Waals surface area contributed by atoms with E-state index in [1.54, 1.807) is 12.1 Å². The second-order valence-corrected chi connectivity index (χ2v) is 4.08. The molecule has 4 N–H and O–H groups in total. The molecule has 98 valence electrons. The Labute approximate surface area is 113 Å². The number of pyridine rings is 1. The van der Waals surface area contributed by atoms with E-state index in [4.69, 9.17) is 17.4 Å². The third-order valence-corrected chi connectivity index (χ3v) is 2.64. The number of anilines is 2. The van der Waals surface area contributed by atoms with Crippen molar-refractivity contribution in [2.24, 2.45) is 5.84 Å². The zero-order valence-electron chi connectivity index (χ0n) is 9.65. The quantitative estimate of drug-likeness (QED) is 0.596. The summed E-state index contributed by atoms with van der Waals surface area (Å²) in [6, 6.07) is 5.93. The number of aromatic nitrogens is 1. The van der Waals surface area contributed by atoms with E-state index in [1.165, 1.54) is 18.3 Å². The van der Waals surface area contributed by atoms with Crippen LogP contribution in [0.1, 0.15) is 10.4 Å². The van der Waals surface area contributed by atoms with Crippen LogP contribution in [0.3, 0.4) is 0 Å². The van der Waals surface area contributed by atoms with Gasteiger partial charge in [0.05, 0.1) is 23.1 Å². The van der Waals surface area contributed by atoms with Crippen LogP contribution in [0.5, 0.6) is 0 Å². The molecule has 0 saturated carbocycles. The first-order valence-electron chi connectivity index (χ1n) is 5.29. The molecule has 0 aliphatic rings. The fraction of sp³-hybridized carbons (Fsp3) is 0. The van der Waals surface area contributed by atoms with Gasteiger partial charge in [0.25, 0.3) is 5.91 Å². The first-order valence-corrected chi connectivity index (χ1v) is 5.66. The monoisotopic (exact) mass is 280 g/mol. The number of amides is 1. The summed E-state index contributed by atoms with van der Waals surface area (Å²) in [5, 5.41) is 2.79. The number of nitrogens with zero attached hydrogens (tertiary/aromatic N) is 1. The molecular formula is C12H10ClFN4O. The third-order valence-electron chi connectivity index (χ3n) is 2.40. The Morgan fingerprint density at radius 1 is 1.32 bits per heavy atom. The minimum Gasteiger partial charge on any atom is -0.323 e. The SMILES string of the molecule is NNc1ccc(Cl)cc1C(=O)Nc1ccncc1F. The van der Waals surface area contributed by atoms with Gasteiger partial charge < -0.3 is 10.7 Å². The number of benzene rings is 1. The molecule has 1 aromatic carbocycles. The molecule has 0 atom stereocenters. The van der Waals surface area contributed by atoms with E-state index in [9.17, 15) is 9.18 Å². The van der Waals surface area contributed by atoms with Crippen molar-refractivity contribution in [2.75, 3.05) is 10.7 Å². The first-order chi connectivity index (χ1) is 9.11. The molecule has 0 radical (unpaired) electrons. The van der Waals surface area contributed by atoms with Gasteiger partial charge in [-0.15, -0.1) is 0 Å². The minimum atomic E-state index is -0.625. The molecular weight excluding hydrogens is 271 g/mol. The number of nitrogens with two attached hydrogens (primary N) is 1. The van der Waals surface area contributed by atoms with Gasteiger partial charge in [-0.3, -0.25) is 15.6 Å². The molecule has 1 aromatic heterocycles. The van der Waals surface area contributed by atoms with E-state index >= 15 is 0 Å². The smallest absolute Gasteiger partial charge is 0.257 e. The molecule has 0 bridgehead atoms. The predicted octanol–water partition coefficient (Wildman–Crippen LogP) is 2.41. The molecule has 2 aromatic rings. The number of hydrogen-bond donors (Lipinski definition) is 3. The summed E-state index contributed by atoms with van der Waals surface area (Å²) in [6.07, 6.45) is 2.38. The van der Waals surface area contributed by atoms with Gasteiger partial charge in [-0.05, 0) is 24.3 Å². The van der Waals surface area contributed by atoms with Gasteiger partial charge in [-0.25, -0.2) is 4.39 Å². The second kappa shape index (κ2) is 5.64. The Bertz CT molecular complexity index is 620. The first kappa shape index (κ1) is 13.3. The summed E-state index contributed by atoms with van der Waals surface area (Å²) >= 11 is 5.82. The molecule has 0 unspecified atom stereocenters. The molecule has 2 rings (SSSR count). The van der Waals surface area contributed by atoms with Crippen LogP contribution >= 0.6 is 11.6 Å². The van der Waals surface area contributed by atoms with Crippen LogP contribution in [-0.2, 0) is 0 Å². The molecule has 0 aliphatic carbocycles. The van der Waals surface area contributed by atoms with E-state index in [1.807, 2.05) is 0 Å². The van der Waals surface area contributed by atoms with Crippen molar-refractivity contribution < 1.29 is 9.18 Å². The Balaban J connectivity index is 2.30. The van der Waals surface area contributed by atoms with Gasteiger partial charge >= 0.3 is 0 Å². The molecule has 19 heavy (non-hydrogen) atoms. The summed E-state index contributed by atoms with van der Waals surface area (Å²) < 4.78 is 13.4. The van der Waals surface area contributed by atoms with Gasteiger partial charge in [0.15, 0.2) is 5.82 Å². The van der Waals surface area contributed by atoms with Gasteiger partial charge in [-0.2, -0.15) is 0 Å². The van der Waals surface area contributed by atoms with Gasteiger partial charge in [-0.1, -0.05) is 11.6 Å². The second-order valence-electron chi connectivity index (χ2n) is 3.64. The van der Waals surface area contributed by atoms with Crippen LogP contribution in [-0.4, -0.2) is 10.9 Å². The number of nitrogens with one attached hydrogen (secondary N) is 2. The molecule has 1 amide bonds. The number of hydrazine groups is 1. The van der Waals surface area contributed by atoms with Crippen LogP contribution in [0.2, 0.25) is 5.02 Å². The number of hydrogen-bond acceptors (Lipinski definition) is 4. The number of nitrogen functional groups attached to an aromatic ring is 1. The molecule has 0 spiro atoms.